The molecule has 0 aliphatic carbocycles. The molecule has 0 spiro atoms. The zero-order valence-electron chi connectivity index (χ0n) is 70.4. The molecule has 0 heterocycles. The maximum atomic E-state index is 13.0. The van der Waals surface area contributed by atoms with E-state index in [0.717, 1.165) is 148 Å². The molecule has 0 aromatic heterocycles. The van der Waals surface area contributed by atoms with Gasteiger partial charge in [0.2, 0.25) is 0 Å². The first kappa shape index (κ1) is 107. The summed E-state index contributed by atoms with van der Waals surface area (Å²) in [5, 5.41) is 20.7. The van der Waals surface area contributed by atoms with Gasteiger partial charge in [0, 0.05) is 19.3 Å². The first-order chi connectivity index (χ1) is 54.2. The maximum absolute atomic E-state index is 13.0. The molecule has 0 rings (SSSR count). The van der Waals surface area contributed by atoms with Gasteiger partial charge in [-0.2, -0.15) is 0 Å². The molecule has 0 fully saturated rings. The second kappa shape index (κ2) is 85.1. The molecule has 0 saturated heterocycles. The van der Waals surface area contributed by atoms with E-state index < -0.39 is 91.5 Å². The van der Waals surface area contributed by atoms with Gasteiger partial charge in [-0.1, -0.05) is 353 Å². The molecule has 0 aromatic rings. The zero-order valence-corrected chi connectivity index (χ0v) is 72.1. The van der Waals surface area contributed by atoms with Gasteiger partial charge in [-0.3, -0.25) is 32.5 Å². The van der Waals surface area contributed by atoms with E-state index in [-0.39, 0.29) is 19.3 Å². The minimum atomic E-state index is -4.94. The van der Waals surface area contributed by atoms with Crippen LogP contribution in [0.1, 0.15) is 380 Å². The monoisotopic (exact) mass is 1600 g/mol. The van der Waals surface area contributed by atoms with Gasteiger partial charge in [-0.15, -0.1) is 0 Å². The van der Waals surface area contributed by atoms with Crippen molar-refractivity contribution in [3.63, 3.8) is 0 Å². The molecule has 5 unspecified atom stereocenters. The van der Waals surface area contributed by atoms with E-state index in [1.807, 2.05) is 0 Å². The van der Waals surface area contributed by atoms with Crippen LogP contribution in [0, 0.1) is 0 Å². The molecule has 0 aromatic carbocycles. The number of aliphatic hydroxyl groups is 2. The number of phosphoric acid groups is 2. The molecule has 0 aliphatic heterocycles. The van der Waals surface area contributed by atoms with Gasteiger partial charge in [0.05, 0.1) is 26.4 Å². The third-order valence-electron chi connectivity index (χ3n) is 18.8. The predicted molar refractivity (Wildman–Crippen MR) is 463 cm³/mol. The highest BCUT2D eigenvalue weighted by atomic mass is 31.2. The van der Waals surface area contributed by atoms with Crippen LogP contribution in [0.4, 0.5) is 0 Å². The van der Waals surface area contributed by atoms with Gasteiger partial charge < -0.3 is 34.2 Å². The number of esters is 3. The topological polar surface area (TPSA) is 231 Å². The highest BCUT2D eigenvalue weighted by Crippen LogP contribution is 2.45. The van der Waals surface area contributed by atoms with Gasteiger partial charge in [-0.05, 0) is 141 Å². The van der Waals surface area contributed by atoms with Crippen molar-refractivity contribution in [3.05, 3.63) is 134 Å². The van der Waals surface area contributed by atoms with Crippen molar-refractivity contribution in [2.75, 3.05) is 39.6 Å². The normalized spacial score (nSPS) is 14.5. The van der Waals surface area contributed by atoms with Crippen LogP contribution in [0.5, 0.6) is 0 Å². The second-order valence-electron chi connectivity index (χ2n) is 29.7. The van der Waals surface area contributed by atoms with Crippen LogP contribution in [0.25, 0.3) is 0 Å². The van der Waals surface area contributed by atoms with Crippen LogP contribution in [-0.2, 0) is 55.8 Å². The van der Waals surface area contributed by atoms with Crippen molar-refractivity contribution in [3.8, 4) is 0 Å². The first-order valence-corrected chi connectivity index (χ1v) is 47.5. The Morgan fingerprint density at radius 1 is 0.261 bits per heavy atom. The van der Waals surface area contributed by atoms with Gasteiger partial charge in [-0.25, -0.2) is 9.13 Å². The molecule has 0 saturated carbocycles. The predicted octanol–water partition coefficient (Wildman–Crippen LogP) is 27.0. The molecule has 5 atom stereocenters. The number of hydrogen-bond acceptors (Lipinski definition) is 14. The second-order valence-corrected chi connectivity index (χ2v) is 32.6. The molecule has 16 nitrogen and oxygen atoms in total. The summed E-state index contributed by atoms with van der Waals surface area (Å²) in [6.45, 7) is 2.57. The number of aliphatic hydroxyl groups excluding tert-OH is 2. The number of rotatable bonds is 84. The molecule has 640 valence electrons. The molecule has 18 heteroatoms. The van der Waals surface area contributed by atoms with Crippen molar-refractivity contribution in [2.24, 2.45) is 0 Å². The smallest absolute Gasteiger partial charge is 0.463 e. The SMILES string of the molecule is CC/C=C\C/C=C\C/C=C\C/C=C\C/C=C\C/C=C\CCCCCCCCCCCCC(=O)OCC(COP(=O)(O)OCC(O)COP(=O)(O)OCC(O)COC(=O)CCCCCCCCCCCCCCCCC/C=C\C/C=C\C/C=C\C/C=C\CCCCC)OC(=O)CCCCCCC/C=C\CCCCCCCC. The Hall–Kier alpha value is -4.31. The molecule has 0 amide bonds. The molecule has 4 N–H and O–H groups in total. The van der Waals surface area contributed by atoms with Gasteiger partial charge in [0.1, 0.15) is 25.4 Å². The Morgan fingerprint density at radius 2 is 0.477 bits per heavy atom. The van der Waals surface area contributed by atoms with E-state index in [1.54, 1.807) is 0 Å². The summed E-state index contributed by atoms with van der Waals surface area (Å²) in [5.41, 5.74) is 0. The van der Waals surface area contributed by atoms with E-state index in [2.05, 4.69) is 154 Å². The van der Waals surface area contributed by atoms with Crippen molar-refractivity contribution in [1.82, 2.24) is 0 Å². The highest BCUT2D eigenvalue weighted by molar-refractivity contribution is 7.47. The van der Waals surface area contributed by atoms with Crippen LogP contribution < -0.4 is 0 Å². The molecule has 111 heavy (non-hydrogen) atoms. The van der Waals surface area contributed by atoms with E-state index in [9.17, 15) is 43.5 Å². The van der Waals surface area contributed by atoms with Crippen molar-refractivity contribution in [1.29, 1.82) is 0 Å². The summed E-state index contributed by atoms with van der Waals surface area (Å²) >= 11 is 0. The average Bonchev–Trinajstić information content (AvgIpc) is 0.971. The third-order valence-corrected chi connectivity index (χ3v) is 20.7. The van der Waals surface area contributed by atoms with Gasteiger partial charge in [0.25, 0.3) is 0 Å². The molecular weight excluding hydrogens is 1430 g/mol. The number of phosphoric ester groups is 2. The van der Waals surface area contributed by atoms with Gasteiger partial charge >= 0.3 is 33.6 Å². The van der Waals surface area contributed by atoms with E-state index >= 15 is 0 Å². The maximum Gasteiger partial charge on any atom is 0.472 e. The Labute approximate surface area is 677 Å². The van der Waals surface area contributed by atoms with Crippen LogP contribution in [0.15, 0.2) is 134 Å². The molecule has 0 radical (unpaired) electrons. The lowest BCUT2D eigenvalue weighted by molar-refractivity contribution is -0.161. The van der Waals surface area contributed by atoms with Crippen LogP contribution >= 0.6 is 15.6 Å². The average molecular weight is 1600 g/mol. The lowest BCUT2D eigenvalue weighted by atomic mass is 10.0. The van der Waals surface area contributed by atoms with Crippen molar-refractivity contribution >= 4 is 33.6 Å². The lowest BCUT2D eigenvalue weighted by Gasteiger charge is -2.21. The first-order valence-electron chi connectivity index (χ1n) is 44.5. The summed E-state index contributed by atoms with van der Waals surface area (Å²) in [6, 6.07) is 0. The quantitative estimate of drug-likeness (QED) is 0.0146. The fraction of sp³-hybridized carbons (Fsp3) is 0.731. The Morgan fingerprint density at radius 3 is 0.784 bits per heavy atom. The number of hydrogen-bond donors (Lipinski definition) is 4. The summed E-state index contributed by atoms with van der Waals surface area (Å²) in [6.07, 6.45) is 105. The number of allylic oxidation sites excluding steroid dienone is 22. The Balaban J connectivity index is 4.50. The number of carbonyl (C=O) groups is 3. The number of ether oxygens (including phenoxy) is 3. The van der Waals surface area contributed by atoms with Crippen molar-refractivity contribution in [2.45, 2.75) is 399 Å². The van der Waals surface area contributed by atoms with E-state index in [0.29, 0.717) is 19.3 Å². The fourth-order valence-electron chi connectivity index (χ4n) is 12.1. The van der Waals surface area contributed by atoms with E-state index in [1.165, 1.54) is 173 Å². The Bertz CT molecular complexity index is 2550. The summed E-state index contributed by atoms with van der Waals surface area (Å²) < 4.78 is 61.3. The minimum Gasteiger partial charge on any atom is -0.463 e. The minimum absolute atomic E-state index is 0.0927. The summed E-state index contributed by atoms with van der Waals surface area (Å²) in [7, 11) is -9.80. The van der Waals surface area contributed by atoms with Crippen LogP contribution in [-0.4, -0.2) is 95.9 Å². The fourth-order valence-corrected chi connectivity index (χ4v) is 13.7. The lowest BCUT2D eigenvalue weighted by Crippen LogP contribution is -2.30. The van der Waals surface area contributed by atoms with E-state index in [4.69, 9.17) is 32.3 Å². The standard InChI is InChI=1S/C93H162O16P2/c1-4-7-10-13-16-19-22-25-28-30-32-34-36-38-40-42-43-45-47-48-50-52-54-56-59-61-64-67-70-73-76-79-91(96)103-82-88(94)83-105-110(99,100)106-84-89(95)85-107-111(101,102)108-87-90(109-93(98)81-78-75-72-69-66-63-58-27-24-21-18-15-12-9-6-3)86-104-92(97)80-77-74-71-68-65-62-60-57-55-53-51-49-46-44-41-39-37-35-33-31-29-26-23-20-17-14-11-8-5-2/h8,11,16-17,19-20,25-29,32-35,38-41,46,49,58,88-90,94-95H,4-7,9-10,12-15,18,21-24,30-31,36-37,42-45,47-48,50-57,59-87H2,1-3H3,(H,99,100)(H,101,102)/b11-8-,19-16-,20-17-,28-25-,29-26-,34-32-,35-33-,40-38-,41-39-,49-46-,58-27-. The zero-order chi connectivity index (χ0) is 80.8. The summed E-state index contributed by atoms with van der Waals surface area (Å²) in [4.78, 5) is 58.8. The van der Waals surface area contributed by atoms with Crippen molar-refractivity contribution < 1.29 is 75.8 Å². The largest absolute Gasteiger partial charge is 0.472 e. The van der Waals surface area contributed by atoms with Gasteiger partial charge in [0.15, 0.2) is 6.10 Å². The molecule has 0 bridgehead atoms. The van der Waals surface area contributed by atoms with Crippen LogP contribution in [0.3, 0.4) is 0 Å². The number of carbonyl (C=O) groups excluding carboxylic acids is 3. The third kappa shape index (κ3) is 86.4. The summed E-state index contributed by atoms with van der Waals surface area (Å²) in [5.74, 6) is -1.58. The molecular formula is C93H162O16P2. The Kier molecular flexibility index (Phi) is 81.8. The number of unbranched alkanes of at least 4 members (excludes halogenated alkanes) is 39. The molecule has 0 aliphatic rings. The van der Waals surface area contributed by atoms with Crippen LogP contribution in [0.2, 0.25) is 0 Å². The highest BCUT2D eigenvalue weighted by Gasteiger charge is 2.29.